The van der Waals surface area contributed by atoms with Crippen molar-refractivity contribution in [1.82, 2.24) is 9.36 Å². The minimum absolute atomic E-state index is 0.0511. The molecule has 6 nitrogen and oxygen atoms in total. The molecule has 29 heavy (non-hydrogen) atoms. The second-order valence-electron chi connectivity index (χ2n) is 6.63. The lowest BCUT2D eigenvalue weighted by molar-refractivity contribution is 0.601. The number of sulfonamides is 1. The maximum Gasteiger partial charge on any atom is 0.296 e. The summed E-state index contributed by atoms with van der Waals surface area (Å²) in [5.74, 6) is -0.512. The lowest BCUT2D eigenvalue weighted by Crippen LogP contribution is -2.23. The second kappa shape index (κ2) is 6.89. The molecule has 0 aliphatic carbocycles. The average Bonchev–Trinajstić information content (AvgIpc) is 2.92. The van der Waals surface area contributed by atoms with Crippen molar-refractivity contribution in [2.75, 3.05) is 4.72 Å². The molecule has 0 amide bonds. The Balaban J connectivity index is 1.86. The molecule has 148 valence electrons. The van der Waals surface area contributed by atoms with E-state index >= 15 is 0 Å². The molecule has 0 saturated heterocycles. The fourth-order valence-electron chi connectivity index (χ4n) is 3.34. The average molecular weight is 411 g/mol. The third-order valence-electron chi connectivity index (χ3n) is 4.91. The molecule has 1 aromatic heterocycles. The number of fused-ring (bicyclic) bond motifs is 1. The summed E-state index contributed by atoms with van der Waals surface area (Å²) < 4.78 is 45.7. The van der Waals surface area contributed by atoms with Gasteiger partial charge in [0, 0.05) is 17.8 Å². The normalized spacial score (nSPS) is 11.7. The minimum atomic E-state index is -4.13. The van der Waals surface area contributed by atoms with Gasteiger partial charge in [-0.25, -0.2) is 17.5 Å². The van der Waals surface area contributed by atoms with Crippen LogP contribution < -0.4 is 10.3 Å². The standard InChI is InChI=1S/C21H18FN3O3S/c1-14-20(21(26)25(24(14)2)15-8-4-3-5-9-15)23-29(27,28)19-13-12-18(22)16-10-6-7-11-17(16)19/h3-13,23H,1-2H3. The summed E-state index contributed by atoms with van der Waals surface area (Å²) in [7, 11) is -2.46. The molecule has 0 atom stereocenters. The molecular formula is C21H18FN3O3S. The number of nitrogens with one attached hydrogen (secondary N) is 1. The monoisotopic (exact) mass is 411 g/mol. The molecule has 0 unspecified atom stereocenters. The number of para-hydroxylation sites is 1. The van der Waals surface area contributed by atoms with Gasteiger partial charge >= 0.3 is 0 Å². The summed E-state index contributed by atoms with van der Waals surface area (Å²) in [5, 5.41) is 0.443. The van der Waals surface area contributed by atoms with Crippen LogP contribution in [0, 0.1) is 12.7 Å². The van der Waals surface area contributed by atoms with Crippen molar-refractivity contribution < 1.29 is 12.8 Å². The van der Waals surface area contributed by atoms with Gasteiger partial charge in [-0.05, 0) is 31.2 Å². The van der Waals surface area contributed by atoms with E-state index in [2.05, 4.69) is 4.72 Å². The van der Waals surface area contributed by atoms with E-state index < -0.39 is 21.4 Å². The molecule has 4 rings (SSSR count). The van der Waals surface area contributed by atoms with Crippen LogP contribution in [0.1, 0.15) is 5.69 Å². The van der Waals surface area contributed by atoms with E-state index in [1.54, 1.807) is 55.1 Å². The highest BCUT2D eigenvalue weighted by molar-refractivity contribution is 7.93. The molecule has 8 heteroatoms. The predicted octanol–water partition coefficient (Wildman–Crippen LogP) is 3.58. The number of anilines is 1. The van der Waals surface area contributed by atoms with Crippen LogP contribution in [-0.4, -0.2) is 17.8 Å². The van der Waals surface area contributed by atoms with Crippen LogP contribution in [0.15, 0.2) is 76.4 Å². The maximum absolute atomic E-state index is 14.1. The van der Waals surface area contributed by atoms with Crippen LogP contribution in [-0.2, 0) is 17.1 Å². The molecule has 0 fully saturated rings. The van der Waals surface area contributed by atoms with Crippen molar-refractivity contribution in [3.63, 3.8) is 0 Å². The Kier molecular flexibility index (Phi) is 4.50. The van der Waals surface area contributed by atoms with Gasteiger partial charge in [-0.1, -0.05) is 42.5 Å². The van der Waals surface area contributed by atoms with Crippen molar-refractivity contribution in [2.45, 2.75) is 11.8 Å². The molecule has 4 aromatic rings. The van der Waals surface area contributed by atoms with Crippen molar-refractivity contribution in [2.24, 2.45) is 7.05 Å². The van der Waals surface area contributed by atoms with Gasteiger partial charge < -0.3 is 0 Å². The van der Waals surface area contributed by atoms with Gasteiger partial charge in [-0.2, -0.15) is 0 Å². The first-order chi connectivity index (χ1) is 13.8. The molecule has 0 bridgehead atoms. The van der Waals surface area contributed by atoms with Crippen molar-refractivity contribution in [3.8, 4) is 5.69 Å². The highest BCUT2D eigenvalue weighted by Crippen LogP contribution is 2.27. The number of benzene rings is 3. The van der Waals surface area contributed by atoms with Gasteiger partial charge in [0.25, 0.3) is 15.6 Å². The van der Waals surface area contributed by atoms with Gasteiger partial charge in [0.15, 0.2) is 0 Å². The van der Waals surface area contributed by atoms with Crippen molar-refractivity contribution in [3.05, 3.63) is 88.6 Å². The quantitative estimate of drug-likeness (QED) is 0.558. The Morgan fingerprint density at radius 3 is 2.21 bits per heavy atom. The second-order valence-corrected chi connectivity index (χ2v) is 8.28. The lowest BCUT2D eigenvalue weighted by Gasteiger charge is -2.10. The highest BCUT2D eigenvalue weighted by Gasteiger charge is 2.24. The first kappa shape index (κ1) is 18.9. The van der Waals surface area contributed by atoms with Crippen LogP contribution in [0.4, 0.5) is 10.1 Å². The fourth-order valence-corrected chi connectivity index (χ4v) is 4.67. The van der Waals surface area contributed by atoms with Crippen LogP contribution in [0.2, 0.25) is 0 Å². The third-order valence-corrected chi connectivity index (χ3v) is 6.32. The molecule has 0 spiro atoms. The summed E-state index contributed by atoms with van der Waals surface area (Å²) >= 11 is 0. The van der Waals surface area contributed by atoms with E-state index in [9.17, 15) is 17.6 Å². The molecule has 0 aliphatic heterocycles. The lowest BCUT2D eigenvalue weighted by atomic mass is 10.1. The molecule has 1 heterocycles. The smallest absolute Gasteiger partial charge is 0.283 e. The molecule has 1 N–H and O–H groups in total. The summed E-state index contributed by atoms with van der Waals surface area (Å²) in [6, 6.07) is 17.5. The summed E-state index contributed by atoms with van der Waals surface area (Å²) in [4.78, 5) is 12.9. The van der Waals surface area contributed by atoms with Crippen molar-refractivity contribution in [1.29, 1.82) is 0 Å². The number of nitrogens with zero attached hydrogens (tertiary/aromatic N) is 2. The first-order valence-electron chi connectivity index (χ1n) is 8.85. The topological polar surface area (TPSA) is 73.1 Å². The van der Waals surface area contributed by atoms with E-state index in [1.807, 2.05) is 6.07 Å². The Morgan fingerprint density at radius 2 is 1.52 bits per heavy atom. The van der Waals surface area contributed by atoms with Crippen LogP contribution >= 0.6 is 0 Å². The van der Waals surface area contributed by atoms with Crippen LogP contribution in [0.25, 0.3) is 16.5 Å². The summed E-state index contributed by atoms with van der Waals surface area (Å²) in [6.07, 6.45) is 0. The van der Waals surface area contributed by atoms with Gasteiger partial charge in [0.2, 0.25) is 0 Å². The van der Waals surface area contributed by atoms with Gasteiger partial charge in [-0.15, -0.1) is 0 Å². The van der Waals surface area contributed by atoms with E-state index in [0.29, 0.717) is 11.4 Å². The SMILES string of the molecule is Cc1c(NS(=O)(=O)c2ccc(F)c3ccccc23)c(=O)n(-c2ccccc2)n1C. The van der Waals surface area contributed by atoms with Crippen molar-refractivity contribution >= 4 is 26.5 Å². The Bertz CT molecular complexity index is 1390. The number of hydrogen-bond donors (Lipinski definition) is 1. The Morgan fingerprint density at radius 1 is 0.897 bits per heavy atom. The fraction of sp³-hybridized carbons (Fsp3) is 0.0952. The summed E-state index contributed by atoms with van der Waals surface area (Å²) in [5.41, 5.74) is 0.519. The van der Waals surface area contributed by atoms with Gasteiger partial charge in [0.1, 0.15) is 11.5 Å². The molecule has 0 aliphatic rings. The molecular weight excluding hydrogens is 393 g/mol. The summed E-state index contributed by atoms with van der Waals surface area (Å²) in [6.45, 7) is 1.65. The largest absolute Gasteiger partial charge is 0.296 e. The van der Waals surface area contributed by atoms with Gasteiger partial charge in [0.05, 0.1) is 16.3 Å². The molecule has 0 saturated carbocycles. The van der Waals surface area contributed by atoms with Gasteiger partial charge in [-0.3, -0.25) is 14.2 Å². The van der Waals surface area contributed by atoms with Crippen LogP contribution in [0.3, 0.4) is 0 Å². The Hall–Kier alpha value is -3.39. The Labute approximate surface area is 166 Å². The molecule has 3 aromatic carbocycles. The maximum atomic E-state index is 14.1. The number of aromatic nitrogens is 2. The van der Waals surface area contributed by atoms with E-state index in [-0.39, 0.29) is 21.4 Å². The third kappa shape index (κ3) is 3.11. The van der Waals surface area contributed by atoms with E-state index in [0.717, 1.165) is 6.07 Å². The predicted molar refractivity (Wildman–Crippen MR) is 110 cm³/mol. The zero-order valence-corrected chi connectivity index (χ0v) is 16.6. The highest BCUT2D eigenvalue weighted by atomic mass is 32.2. The number of halogens is 1. The van der Waals surface area contributed by atoms with E-state index in [1.165, 1.54) is 22.9 Å². The zero-order chi connectivity index (χ0) is 20.8. The van der Waals surface area contributed by atoms with E-state index in [4.69, 9.17) is 0 Å². The zero-order valence-electron chi connectivity index (χ0n) is 15.8. The number of hydrogen-bond acceptors (Lipinski definition) is 3. The number of rotatable bonds is 4. The molecule has 0 radical (unpaired) electrons. The first-order valence-corrected chi connectivity index (χ1v) is 10.3. The van der Waals surface area contributed by atoms with Crippen LogP contribution in [0.5, 0.6) is 0 Å². The minimum Gasteiger partial charge on any atom is -0.283 e.